The van der Waals surface area contributed by atoms with Crippen molar-refractivity contribution in [2.24, 2.45) is 5.73 Å². The number of hydrogen-bond donors (Lipinski definition) is 1. The second-order valence-corrected chi connectivity index (χ2v) is 5.90. The zero-order valence-corrected chi connectivity index (χ0v) is 12.6. The van der Waals surface area contributed by atoms with Crippen LogP contribution in [0.3, 0.4) is 0 Å². The Labute approximate surface area is 122 Å². The molecule has 3 rings (SSSR count). The molecule has 4 nitrogen and oxygen atoms in total. The molecule has 0 bridgehead atoms. The van der Waals surface area contributed by atoms with Gasteiger partial charge in [-0.3, -0.25) is 4.40 Å². The molecule has 3 aromatic rings. The van der Waals surface area contributed by atoms with Crippen molar-refractivity contribution < 1.29 is 0 Å². The lowest BCUT2D eigenvalue weighted by Crippen LogP contribution is -2.03. The van der Waals surface area contributed by atoms with Crippen LogP contribution in [-0.2, 0) is 6.42 Å². The van der Waals surface area contributed by atoms with Gasteiger partial charge in [0, 0.05) is 17.4 Å². The van der Waals surface area contributed by atoms with E-state index in [2.05, 4.69) is 52.0 Å². The predicted octanol–water partition coefficient (Wildman–Crippen LogP) is 2.97. The number of aromatic nitrogens is 3. The third-order valence-corrected chi connectivity index (χ3v) is 4.31. The smallest absolute Gasteiger partial charge is 0.216 e. The molecule has 0 aliphatic carbocycles. The number of nitrogens with two attached hydrogens (primary N) is 1. The second-order valence-electron chi connectivity index (χ2n) is 5.07. The number of hydrogen-bond acceptors (Lipinski definition) is 4. The van der Waals surface area contributed by atoms with Crippen LogP contribution in [0.5, 0.6) is 0 Å². The number of aryl methyl sites for hydroxylation is 3. The summed E-state index contributed by atoms with van der Waals surface area (Å²) in [6.45, 7) is 4.94. The van der Waals surface area contributed by atoms with Crippen LogP contribution in [0.25, 0.3) is 16.2 Å². The molecular formula is C15H18N4S. The van der Waals surface area contributed by atoms with E-state index in [9.17, 15) is 0 Å². The first kappa shape index (κ1) is 13.3. The minimum atomic E-state index is 0.678. The van der Waals surface area contributed by atoms with E-state index in [0.29, 0.717) is 6.54 Å². The van der Waals surface area contributed by atoms with Crippen molar-refractivity contribution >= 4 is 16.3 Å². The molecule has 0 saturated heterocycles. The minimum Gasteiger partial charge on any atom is -0.330 e. The van der Waals surface area contributed by atoms with Gasteiger partial charge in [0.05, 0.1) is 5.69 Å². The maximum absolute atomic E-state index is 5.60. The van der Waals surface area contributed by atoms with Gasteiger partial charge in [0.15, 0.2) is 0 Å². The fourth-order valence-electron chi connectivity index (χ4n) is 2.40. The van der Waals surface area contributed by atoms with E-state index in [4.69, 9.17) is 5.73 Å². The summed E-state index contributed by atoms with van der Waals surface area (Å²) in [6, 6.07) is 6.53. The van der Waals surface area contributed by atoms with Crippen LogP contribution in [0.1, 0.15) is 23.4 Å². The lowest BCUT2D eigenvalue weighted by molar-refractivity contribution is 0.772. The Morgan fingerprint density at radius 1 is 1.25 bits per heavy atom. The van der Waals surface area contributed by atoms with E-state index in [1.165, 1.54) is 22.4 Å². The Morgan fingerprint density at radius 3 is 2.90 bits per heavy atom. The van der Waals surface area contributed by atoms with Gasteiger partial charge in [-0.15, -0.1) is 21.5 Å². The molecule has 5 heteroatoms. The summed E-state index contributed by atoms with van der Waals surface area (Å²) < 4.78 is 2.17. The summed E-state index contributed by atoms with van der Waals surface area (Å²) >= 11 is 1.64. The molecule has 104 valence electrons. The zero-order chi connectivity index (χ0) is 14.1. The van der Waals surface area contributed by atoms with E-state index in [0.717, 1.165) is 23.6 Å². The van der Waals surface area contributed by atoms with Crippen molar-refractivity contribution in [3.63, 3.8) is 0 Å². The van der Waals surface area contributed by atoms with Crippen LogP contribution >= 0.6 is 11.3 Å². The van der Waals surface area contributed by atoms with Gasteiger partial charge in [-0.05, 0) is 38.4 Å². The average Bonchev–Trinajstić information content (AvgIpc) is 3.01. The molecule has 2 heterocycles. The lowest BCUT2D eigenvalue weighted by atomic mass is 10.0. The third kappa shape index (κ3) is 2.23. The molecule has 0 radical (unpaired) electrons. The lowest BCUT2D eigenvalue weighted by Gasteiger charge is -2.07. The summed E-state index contributed by atoms with van der Waals surface area (Å²) in [6.07, 6.45) is 1.80. The summed E-state index contributed by atoms with van der Waals surface area (Å²) in [5.41, 5.74) is 10.6. The van der Waals surface area contributed by atoms with E-state index in [1.54, 1.807) is 11.3 Å². The highest BCUT2D eigenvalue weighted by molar-refractivity contribution is 7.15. The Bertz CT molecular complexity index is 741. The highest BCUT2D eigenvalue weighted by atomic mass is 32.1. The average molecular weight is 286 g/mol. The molecule has 0 fully saturated rings. The topological polar surface area (TPSA) is 56.2 Å². The van der Waals surface area contributed by atoms with Gasteiger partial charge in [-0.25, -0.2) is 0 Å². The molecule has 0 amide bonds. The molecule has 0 spiro atoms. The summed E-state index contributed by atoms with van der Waals surface area (Å²) in [5, 5.41) is 10.7. The minimum absolute atomic E-state index is 0.678. The third-order valence-electron chi connectivity index (χ3n) is 3.49. The van der Waals surface area contributed by atoms with Crippen LogP contribution in [0.2, 0.25) is 0 Å². The first-order chi connectivity index (χ1) is 9.70. The van der Waals surface area contributed by atoms with E-state index >= 15 is 0 Å². The maximum atomic E-state index is 5.60. The quantitative estimate of drug-likeness (QED) is 0.802. The van der Waals surface area contributed by atoms with E-state index in [-0.39, 0.29) is 0 Å². The monoisotopic (exact) mass is 286 g/mol. The largest absolute Gasteiger partial charge is 0.330 e. The summed E-state index contributed by atoms with van der Waals surface area (Å²) in [7, 11) is 0. The van der Waals surface area contributed by atoms with Gasteiger partial charge >= 0.3 is 0 Å². The molecule has 0 unspecified atom stereocenters. The first-order valence-electron chi connectivity index (χ1n) is 6.80. The standard InChI is InChI=1S/C15H18N4S/c1-10-5-6-11(2)12(8-10)13-9-20-15-18-17-14(19(13)15)4-3-7-16/h5-6,8-9H,3-4,7,16H2,1-2H3. The maximum Gasteiger partial charge on any atom is 0.216 e. The van der Waals surface area contributed by atoms with E-state index < -0.39 is 0 Å². The van der Waals surface area contributed by atoms with Gasteiger partial charge in [0.1, 0.15) is 5.82 Å². The molecule has 2 N–H and O–H groups in total. The molecule has 0 atom stereocenters. The van der Waals surface area contributed by atoms with Crippen molar-refractivity contribution in [3.8, 4) is 11.3 Å². The number of fused-ring (bicyclic) bond motifs is 1. The highest BCUT2D eigenvalue weighted by Gasteiger charge is 2.14. The highest BCUT2D eigenvalue weighted by Crippen LogP contribution is 2.29. The van der Waals surface area contributed by atoms with Crippen LogP contribution in [0.4, 0.5) is 0 Å². The SMILES string of the molecule is Cc1ccc(C)c(-c2csc3nnc(CCCN)n23)c1. The molecule has 2 aromatic heterocycles. The Balaban J connectivity index is 2.15. The summed E-state index contributed by atoms with van der Waals surface area (Å²) in [4.78, 5) is 0.952. The van der Waals surface area contributed by atoms with Gasteiger partial charge in [0.25, 0.3) is 0 Å². The predicted molar refractivity (Wildman–Crippen MR) is 83.1 cm³/mol. The van der Waals surface area contributed by atoms with Crippen LogP contribution in [-0.4, -0.2) is 21.1 Å². The zero-order valence-electron chi connectivity index (χ0n) is 11.8. The van der Waals surface area contributed by atoms with Gasteiger partial charge in [-0.1, -0.05) is 17.7 Å². The molecular weight excluding hydrogens is 268 g/mol. The first-order valence-corrected chi connectivity index (χ1v) is 7.68. The van der Waals surface area contributed by atoms with Crippen LogP contribution in [0.15, 0.2) is 23.6 Å². The molecule has 0 aliphatic heterocycles. The molecule has 0 saturated carbocycles. The van der Waals surface area contributed by atoms with Gasteiger partial charge in [-0.2, -0.15) is 0 Å². The number of thiazole rings is 1. The molecule has 0 aliphatic rings. The Hall–Kier alpha value is -1.72. The van der Waals surface area contributed by atoms with Crippen molar-refractivity contribution in [3.05, 3.63) is 40.5 Å². The number of rotatable bonds is 4. The van der Waals surface area contributed by atoms with E-state index in [1.807, 2.05) is 0 Å². The fourth-order valence-corrected chi connectivity index (χ4v) is 3.24. The Kier molecular flexibility index (Phi) is 3.54. The van der Waals surface area contributed by atoms with Gasteiger partial charge in [0.2, 0.25) is 4.96 Å². The van der Waals surface area contributed by atoms with Crippen molar-refractivity contribution in [1.82, 2.24) is 14.6 Å². The van der Waals surface area contributed by atoms with Crippen molar-refractivity contribution in [2.45, 2.75) is 26.7 Å². The summed E-state index contributed by atoms with van der Waals surface area (Å²) in [5.74, 6) is 1.00. The fraction of sp³-hybridized carbons (Fsp3) is 0.333. The molecule has 20 heavy (non-hydrogen) atoms. The Morgan fingerprint density at radius 2 is 2.10 bits per heavy atom. The number of nitrogens with zero attached hydrogens (tertiary/aromatic N) is 3. The number of benzene rings is 1. The molecule has 1 aromatic carbocycles. The van der Waals surface area contributed by atoms with Crippen molar-refractivity contribution in [2.75, 3.05) is 6.54 Å². The van der Waals surface area contributed by atoms with Gasteiger partial charge < -0.3 is 5.73 Å². The normalized spacial score (nSPS) is 11.3. The van der Waals surface area contributed by atoms with Crippen LogP contribution < -0.4 is 5.73 Å². The van der Waals surface area contributed by atoms with Crippen LogP contribution in [0, 0.1) is 13.8 Å². The second kappa shape index (κ2) is 5.34. The van der Waals surface area contributed by atoms with Crippen molar-refractivity contribution in [1.29, 1.82) is 0 Å².